The Morgan fingerprint density at radius 3 is 1.86 bits per heavy atom. The van der Waals surface area contributed by atoms with Crippen molar-refractivity contribution in [3.8, 4) is 0 Å². The highest BCUT2D eigenvalue weighted by Crippen LogP contribution is 2.12. The van der Waals surface area contributed by atoms with Gasteiger partial charge >= 0.3 is 17.8 Å². The molecule has 0 N–H and O–H groups in total. The molecule has 0 aliphatic heterocycles. The molecule has 0 rings (SSSR count). The molecule has 1 unspecified atom stereocenters. The number of hydrogen-bond donors (Lipinski definition) is 0. The van der Waals surface area contributed by atoms with Gasteiger partial charge in [0.15, 0.2) is 8.32 Å². The van der Waals surface area contributed by atoms with Gasteiger partial charge in [-0.3, -0.25) is 0 Å². The van der Waals surface area contributed by atoms with E-state index < -0.39 is 26.2 Å². The van der Waals surface area contributed by atoms with Gasteiger partial charge in [-0.2, -0.15) is 0 Å². The molecule has 3 nitrogen and oxygen atoms in total. The zero-order valence-electron chi connectivity index (χ0n) is 10.1. The Bertz CT molecular complexity index is 189. The summed E-state index contributed by atoms with van der Waals surface area (Å²) in [6.07, 6.45) is 0. The second-order valence-electron chi connectivity index (χ2n) is 4.56. The van der Waals surface area contributed by atoms with Crippen LogP contribution >= 0.6 is 0 Å². The van der Waals surface area contributed by atoms with E-state index in [4.69, 9.17) is 12.7 Å². The van der Waals surface area contributed by atoms with Crippen molar-refractivity contribution in [1.29, 1.82) is 0 Å². The van der Waals surface area contributed by atoms with Crippen LogP contribution in [-0.4, -0.2) is 33.3 Å². The average Bonchev–Trinajstić information content (AvgIpc) is 2.00. The van der Waals surface area contributed by atoms with Gasteiger partial charge in [0.25, 0.3) is 0 Å². The van der Waals surface area contributed by atoms with Gasteiger partial charge in [0.05, 0.1) is 0 Å². The van der Waals surface area contributed by atoms with Gasteiger partial charge in [0.1, 0.15) is 0 Å². The minimum Gasteiger partial charge on any atom is -0.436 e. The maximum Gasteiger partial charge on any atom is 0.328 e. The highest BCUT2D eigenvalue weighted by atomic mass is 28.5. The molecule has 0 spiro atoms. The SMILES string of the molecule is C=C[SiH](O[Si](C)(C)C)O[Si](C)(C)OC. The molecule has 0 aliphatic carbocycles. The highest BCUT2D eigenvalue weighted by Gasteiger charge is 2.30. The minimum absolute atomic E-state index is 1.52. The average molecular weight is 251 g/mol. The van der Waals surface area contributed by atoms with Gasteiger partial charge in [-0.25, -0.2) is 0 Å². The van der Waals surface area contributed by atoms with Crippen LogP contribution in [0.3, 0.4) is 0 Å². The van der Waals surface area contributed by atoms with E-state index >= 15 is 0 Å². The van der Waals surface area contributed by atoms with E-state index in [2.05, 4.69) is 26.2 Å². The molecule has 6 heteroatoms. The third-order valence-electron chi connectivity index (χ3n) is 1.55. The van der Waals surface area contributed by atoms with Gasteiger partial charge in [0.2, 0.25) is 0 Å². The lowest BCUT2D eigenvalue weighted by Crippen LogP contribution is -2.45. The Kier molecular flexibility index (Phi) is 5.48. The summed E-state index contributed by atoms with van der Waals surface area (Å²) in [7, 11) is -3.52. The van der Waals surface area contributed by atoms with Crippen molar-refractivity contribution in [2.45, 2.75) is 32.7 Å². The van der Waals surface area contributed by atoms with Gasteiger partial charge in [-0.1, -0.05) is 5.70 Å². The van der Waals surface area contributed by atoms with E-state index in [1.807, 2.05) is 18.8 Å². The molecular formula is C8H22O3Si3. The van der Waals surface area contributed by atoms with Crippen LogP contribution in [0.1, 0.15) is 0 Å². The first kappa shape index (κ1) is 14.3. The maximum absolute atomic E-state index is 5.92. The molecule has 0 heterocycles. The first-order valence-corrected chi connectivity index (χ1v) is 12.6. The fraction of sp³-hybridized carbons (Fsp3) is 0.750. The van der Waals surface area contributed by atoms with Crippen LogP contribution in [0, 0.1) is 0 Å². The fourth-order valence-electron chi connectivity index (χ4n) is 0.797. The molecule has 84 valence electrons. The van der Waals surface area contributed by atoms with Gasteiger partial charge in [-0.05, 0) is 32.7 Å². The number of rotatable bonds is 6. The topological polar surface area (TPSA) is 27.7 Å². The Morgan fingerprint density at radius 2 is 1.57 bits per heavy atom. The van der Waals surface area contributed by atoms with Gasteiger partial charge in [-0.15, -0.1) is 6.58 Å². The third kappa shape index (κ3) is 6.68. The molecule has 0 saturated heterocycles. The van der Waals surface area contributed by atoms with E-state index in [0.29, 0.717) is 0 Å². The highest BCUT2D eigenvalue weighted by molar-refractivity contribution is 6.80. The van der Waals surface area contributed by atoms with Crippen molar-refractivity contribution in [3.05, 3.63) is 12.3 Å². The molecule has 0 saturated carbocycles. The van der Waals surface area contributed by atoms with Crippen LogP contribution in [-0.2, 0) is 12.7 Å². The van der Waals surface area contributed by atoms with Crippen LogP contribution < -0.4 is 0 Å². The molecule has 0 bridgehead atoms. The monoisotopic (exact) mass is 250 g/mol. The fourth-order valence-corrected chi connectivity index (χ4v) is 7.60. The summed E-state index contributed by atoms with van der Waals surface area (Å²) >= 11 is 0. The van der Waals surface area contributed by atoms with Crippen LogP contribution in [0.25, 0.3) is 0 Å². The summed E-state index contributed by atoms with van der Waals surface area (Å²) in [4.78, 5) is 0. The van der Waals surface area contributed by atoms with Crippen molar-refractivity contribution in [3.63, 3.8) is 0 Å². The normalized spacial score (nSPS) is 15.3. The molecule has 0 aromatic heterocycles. The first-order valence-electron chi connectivity index (χ1n) is 4.73. The lowest BCUT2D eigenvalue weighted by atomic mass is 11.3. The molecule has 0 aromatic rings. The molecule has 14 heavy (non-hydrogen) atoms. The Hall–Kier alpha value is 0.271. The van der Waals surface area contributed by atoms with Crippen molar-refractivity contribution in [2.24, 2.45) is 0 Å². The summed E-state index contributed by atoms with van der Waals surface area (Å²) in [5.41, 5.74) is 1.83. The second kappa shape index (κ2) is 5.38. The summed E-state index contributed by atoms with van der Waals surface area (Å²) in [6, 6.07) is 0. The number of hydrogen-bond acceptors (Lipinski definition) is 3. The van der Waals surface area contributed by atoms with E-state index in [9.17, 15) is 0 Å². The predicted octanol–water partition coefficient (Wildman–Crippen LogP) is 2.15. The molecular weight excluding hydrogens is 228 g/mol. The van der Waals surface area contributed by atoms with Crippen molar-refractivity contribution in [1.82, 2.24) is 0 Å². The molecule has 0 aromatic carbocycles. The predicted molar refractivity (Wildman–Crippen MR) is 67.4 cm³/mol. The quantitative estimate of drug-likeness (QED) is 0.676. The summed E-state index contributed by atoms with van der Waals surface area (Å²) in [6.45, 7) is 14.3. The largest absolute Gasteiger partial charge is 0.436 e. The molecule has 0 radical (unpaired) electrons. The van der Waals surface area contributed by atoms with Gasteiger partial charge in [0, 0.05) is 7.11 Å². The van der Waals surface area contributed by atoms with Crippen LogP contribution in [0.2, 0.25) is 32.7 Å². The Balaban J connectivity index is 4.24. The zero-order chi connectivity index (χ0) is 11.4. The van der Waals surface area contributed by atoms with Crippen LogP contribution in [0.15, 0.2) is 12.3 Å². The van der Waals surface area contributed by atoms with Crippen LogP contribution in [0.5, 0.6) is 0 Å². The van der Waals surface area contributed by atoms with Crippen molar-refractivity contribution < 1.29 is 12.7 Å². The third-order valence-corrected chi connectivity index (χ3v) is 9.88. The molecule has 1 atom stereocenters. The van der Waals surface area contributed by atoms with Crippen molar-refractivity contribution in [2.75, 3.05) is 7.11 Å². The Morgan fingerprint density at radius 1 is 1.07 bits per heavy atom. The summed E-state index contributed by atoms with van der Waals surface area (Å²) in [5.74, 6) is 0. The van der Waals surface area contributed by atoms with Gasteiger partial charge < -0.3 is 12.7 Å². The van der Waals surface area contributed by atoms with Crippen molar-refractivity contribution >= 4 is 26.2 Å². The van der Waals surface area contributed by atoms with E-state index in [1.54, 1.807) is 7.11 Å². The summed E-state index contributed by atoms with van der Waals surface area (Å²) in [5, 5.41) is 0. The molecule has 0 fully saturated rings. The van der Waals surface area contributed by atoms with E-state index in [1.165, 1.54) is 0 Å². The Labute approximate surface area is 91.3 Å². The first-order chi connectivity index (χ1) is 6.20. The van der Waals surface area contributed by atoms with Crippen LogP contribution in [0.4, 0.5) is 0 Å². The lowest BCUT2D eigenvalue weighted by molar-refractivity contribution is 0.295. The lowest BCUT2D eigenvalue weighted by Gasteiger charge is -2.29. The smallest absolute Gasteiger partial charge is 0.328 e. The summed E-state index contributed by atoms with van der Waals surface area (Å²) < 4.78 is 17.1. The molecule has 0 amide bonds. The maximum atomic E-state index is 5.92. The second-order valence-corrected chi connectivity index (χ2v) is 15.1. The molecule has 0 aliphatic rings. The van der Waals surface area contributed by atoms with E-state index in [0.717, 1.165) is 0 Å². The van der Waals surface area contributed by atoms with E-state index in [-0.39, 0.29) is 0 Å². The zero-order valence-corrected chi connectivity index (χ0v) is 13.2. The standard InChI is InChI=1S/C8H22O3Si3/c1-8-12(10-13(3,4)5)11-14(6,7)9-2/h8,12H,1H2,2-7H3. The minimum atomic E-state index is -1.97.